The van der Waals surface area contributed by atoms with Crippen molar-refractivity contribution in [2.24, 2.45) is 0 Å². The van der Waals surface area contributed by atoms with Crippen molar-refractivity contribution in [3.8, 4) is 11.1 Å². The molecule has 6 aromatic rings. The number of thioether (sulfide) groups is 1. The number of halogens is 3. The second-order valence-corrected chi connectivity index (χ2v) is 12.4. The predicted molar refractivity (Wildman–Crippen MR) is 168 cm³/mol. The van der Waals surface area contributed by atoms with E-state index >= 15 is 0 Å². The Morgan fingerprint density at radius 1 is 0.818 bits per heavy atom. The Bertz CT molecular complexity index is 1940. The molecule has 0 atom stereocenters. The maximum atomic E-state index is 13.3. The summed E-state index contributed by atoms with van der Waals surface area (Å²) in [7, 11) is 0. The topological polar surface area (TPSA) is 62.4 Å². The minimum absolute atomic E-state index is 0.186. The summed E-state index contributed by atoms with van der Waals surface area (Å²) in [6.07, 6.45) is -4.54. The molecule has 5 nitrogen and oxygen atoms in total. The van der Waals surface area contributed by atoms with Crippen LogP contribution in [0.1, 0.15) is 28.4 Å². The minimum atomic E-state index is -4.54. The van der Waals surface area contributed by atoms with Crippen LogP contribution in [0.3, 0.4) is 0 Å². The number of rotatable bonds is 10. The van der Waals surface area contributed by atoms with Crippen LogP contribution in [0.5, 0.6) is 0 Å². The predicted octanol–water partition coefficient (Wildman–Crippen LogP) is 9.71. The number of alkyl halides is 3. The number of hydrogen-bond donors (Lipinski definition) is 1. The average Bonchev–Trinajstić information content (AvgIpc) is 3.67. The quantitative estimate of drug-likeness (QED) is 0.120. The highest BCUT2D eigenvalue weighted by molar-refractivity contribution is 7.98. The standard InChI is InChI=1S/C34H27F3N2O3S2/c1-22-9-12-25-5-2-3-8-30(25)33(22)44-39(20-27-15-16-31(41-27)34(35,36)37)19-23-10-13-24(14-11-23)26-6-4-7-29(17-26)43-21-28-18-32(40)38-42-28/h2-18H,19-21H2,1H3,(H,38,40). The lowest BCUT2D eigenvalue weighted by molar-refractivity contribution is -0.153. The molecule has 10 heteroatoms. The van der Waals surface area contributed by atoms with E-state index in [0.717, 1.165) is 48.9 Å². The molecule has 0 radical (unpaired) electrons. The third-order valence-electron chi connectivity index (χ3n) is 7.01. The van der Waals surface area contributed by atoms with Crippen molar-refractivity contribution in [1.82, 2.24) is 9.46 Å². The van der Waals surface area contributed by atoms with Gasteiger partial charge in [0.25, 0.3) is 5.56 Å². The van der Waals surface area contributed by atoms with Gasteiger partial charge in [0.05, 0.1) is 12.3 Å². The molecule has 0 fully saturated rings. The van der Waals surface area contributed by atoms with Crippen LogP contribution in [0.15, 0.2) is 127 Å². The van der Waals surface area contributed by atoms with Crippen LogP contribution in [0.2, 0.25) is 0 Å². The molecule has 224 valence electrons. The Labute approximate surface area is 260 Å². The van der Waals surface area contributed by atoms with Gasteiger partial charge in [-0.2, -0.15) is 18.3 Å². The van der Waals surface area contributed by atoms with Crippen molar-refractivity contribution in [1.29, 1.82) is 0 Å². The third kappa shape index (κ3) is 7.15. The normalized spacial score (nSPS) is 11.9. The van der Waals surface area contributed by atoms with Crippen LogP contribution in [-0.4, -0.2) is 9.46 Å². The van der Waals surface area contributed by atoms with Crippen molar-refractivity contribution in [3.63, 3.8) is 0 Å². The van der Waals surface area contributed by atoms with Crippen molar-refractivity contribution in [2.45, 2.75) is 41.7 Å². The summed E-state index contributed by atoms with van der Waals surface area (Å²) in [5.41, 5.74) is 3.92. The number of furan rings is 1. The summed E-state index contributed by atoms with van der Waals surface area (Å²) in [4.78, 5) is 13.4. The van der Waals surface area contributed by atoms with E-state index in [2.05, 4.69) is 35.5 Å². The van der Waals surface area contributed by atoms with Gasteiger partial charge in [0, 0.05) is 22.4 Å². The van der Waals surface area contributed by atoms with E-state index in [0.29, 0.717) is 18.1 Å². The van der Waals surface area contributed by atoms with Crippen molar-refractivity contribution < 1.29 is 22.1 Å². The van der Waals surface area contributed by atoms with Crippen LogP contribution >= 0.6 is 23.7 Å². The fourth-order valence-corrected chi connectivity index (χ4v) is 6.83. The number of aryl methyl sites for hydroxylation is 1. The molecular weight excluding hydrogens is 606 g/mol. The molecule has 4 aromatic carbocycles. The molecular formula is C34H27F3N2O3S2. The largest absolute Gasteiger partial charge is 0.455 e. The van der Waals surface area contributed by atoms with Gasteiger partial charge in [-0.1, -0.05) is 72.8 Å². The molecule has 0 aliphatic rings. The van der Waals surface area contributed by atoms with E-state index < -0.39 is 11.9 Å². The van der Waals surface area contributed by atoms with Crippen LogP contribution in [0, 0.1) is 6.92 Å². The highest BCUT2D eigenvalue weighted by Crippen LogP contribution is 2.37. The van der Waals surface area contributed by atoms with Gasteiger partial charge >= 0.3 is 6.18 Å². The molecule has 0 aliphatic carbocycles. The second-order valence-electron chi connectivity index (χ2n) is 10.3. The van der Waals surface area contributed by atoms with Crippen LogP contribution in [0.4, 0.5) is 13.2 Å². The fraction of sp³-hybridized carbons (Fsp3) is 0.147. The summed E-state index contributed by atoms with van der Waals surface area (Å²) in [6, 6.07) is 32.3. The summed E-state index contributed by atoms with van der Waals surface area (Å²) in [5, 5.41) is 4.49. The van der Waals surface area contributed by atoms with Gasteiger partial charge in [0.1, 0.15) is 11.5 Å². The zero-order chi connectivity index (χ0) is 30.7. The van der Waals surface area contributed by atoms with E-state index in [-0.39, 0.29) is 17.9 Å². The van der Waals surface area contributed by atoms with E-state index in [1.54, 1.807) is 11.8 Å². The smallest absolute Gasteiger partial charge is 0.449 e. The number of hydrogen-bond acceptors (Lipinski definition) is 6. The first-order chi connectivity index (χ1) is 21.2. The van der Waals surface area contributed by atoms with Gasteiger partial charge in [-0.15, -0.1) is 11.8 Å². The Morgan fingerprint density at radius 2 is 1.64 bits per heavy atom. The maximum Gasteiger partial charge on any atom is 0.449 e. The van der Waals surface area contributed by atoms with Gasteiger partial charge in [-0.25, -0.2) is 4.31 Å². The lowest BCUT2D eigenvalue weighted by Gasteiger charge is -2.22. The molecule has 0 spiro atoms. The van der Waals surface area contributed by atoms with E-state index in [1.807, 2.05) is 65.8 Å². The Kier molecular flexibility index (Phi) is 8.74. The number of benzene rings is 4. The second kappa shape index (κ2) is 12.9. The van der Waals surface area contributed by atoms with Crippen molar-refractivity contribution in [3.05, 3.63) is 142 Å². The van der Waals surface area contributed by atoms with Crippen LogP contribution < -0.4 is 5.56 Å². The molecule has 44 heavy (non-hydrogen) atoms. The monoisotopic (exact) mass is 632 g/mol. The summed E-state index contributed by atoms with van der Waals surface area (Å²) in [6.45, 7) is 2.70. The lowest BCUT2D eigenvalue weighted by atomic mass is 10.0. The first-order valence-corrected chi connectivity index (χ1v) is 15.5. The number of aromatic amines is 1. The highest BCUT2D eigenvalue weighted by Gasteiger charge is 2.35. The number of nitrogens with one attached hydrogen (secondary N) is 1. The molecule has 6 rings (SSSR count). The average molecular weight is 633 g/mol. The molecule has 0 bridgehead atoms. The summed E-state index contributed by atoms with van der Waals surface area (Å²) in [5.74, 6) is 0.360. The van der Waals surface area contributed by atoms with Crippen molar-refractivity contribution >= 4 is 34.5 Å². The number of aromatic nitrogens is 1. The zero-order valence-corrected chi connectivity index (χ0v) is 25.2. The van der Waals surface area contributed by atoms with E-state index in [4.69, 9.17) is 8.94 Å². The molecule has 2 aromatic heterocycles. The first kappa shape index (κ1) is 29.9. The molecule has 1 N–H and O–H groups in total. The summed E-state index contributed by atoms with van der Waals surface area (Å²) < 4.78 is 52.1. The third-order valence-corrected chi connectivity index (χ3v) is 9.26. The highest BCUT2D eigenvalue weighted by atomic mass is 32.2. The SMILES string of the molecule is Cc1ccc2ccccc2c1SN(Cc1ccc(-c2cccc(SCc3cc(=O)[nH]o3)c2)cc1)Cc1ccc(C(F)(F)F)o1. The molecule has 2 heterocycles. The van der Waals surface area contributed by atoms with Gasteiger partial charge in [0.2, 0.25) is 5.76 Å². The van der Waals surface area contributed by atoms with Gasteiger partial charge in [-0.05, 0) is 76.2 Å². The Morgan fingerprint density at radius 3 is 2.39 bits per heavy atom. The van der Waals surface area contributed by atoms with Crippen LogP contribution in [0.25, 0.3) is 21.9 Å². The van der Waals surface area contributed by atoms with Gasteiger partial charge in [0.15, 0.2) is 0 Å². The minimum Gasteiger partial charge on any atom is -0.455 e. The fourth-order valence-electron chi connectivity index (χ4n) is 4.83. The number of nitrogens with zero attached hydrogens (tertiary/aromatic N) is 1. The molecule has 0 amide bonds. The lowest BCUT2D eigenvalue weighted by Crippen LogP contribution is -2.15. The zero-order valence-electron chi connectivity index (χ0n) is 23.6. The molecule has 0 unspecified atom stereocenters. The van der Waals surface area contributed by atoms with Crippen molar-refractivity contribution in [2.75, 3.05) is 0 Å². The first-order valence-electron chi connectivity index (χ1n) is 13.8. The van der Waals surface area contributed by atoms with Gasteiger partial charge in [-0.3, -0.25) is 4.79 Å². The Balaban J connectivity index is 1.22. The summed E-state index contributed by atoms with van der Waals surface area (Å²) >= 11 is 3.09. The van der Waals surface area contributed by atoms with E-state index in [1.165, 1.54) is 24.1 Å². The molecule has 0 aliphatic heterocycles. The number of H-pyrrole nitrogens is 1. The number of fused-ring (bicyclic) bond motifs is 1. The molecule has 0 saturated heterocycles. The van der Waals surface area contributed by atoms with E-state index in [9.17, 15) is 18.0 Å². The van der Waals surface area contributed by atoms with Gasteiger partial charge < -0.3 is 8.94 Å². The maximum absolute atomic E-state index is 13.3. The molecule has 0 saturated carbocycles. The Hall–Kier alpha value is -4.12. The van der Waals surface area contributed by atoms with Crippen LogP contribution in [-0.2, 0) is 25.0 Å².